The topological polar surface area (TPSA) is 51.1 Å². The number of rotatable bonds is 3. The van der Waals surface area contributed by atoms with E-state index in [0.717, 1.165) is 16.5 Å². The van der Waals surface area contributed by atoms with Crippen molar-refractivity contribution in [3.05, 3.63) is 46.2 Å². The smallest absolute Gasteiger partial charge is 0.254 e. The van der Waals surface area contributed by atoms with Gasteiger partial charge in [-0.05, 0) is 24.4 Å². The van der Waals surface area contributed by atoms with Crippen molar-refractivity contribution < 1.29 is 4.79 Å². The molecule has 0 aliphatic carbocycles. The largest absolute Gasteiger partial charge is 0.354 e. The molecule has 0 unspecified atom stereocenters. The highest BCUT2D eigenvalue weighted by atomic mass is 16.2. The van der Waals surface area contributed by atoms with Gasteiger partial charge in [0.2, 0.25) is 5.91 Å². The molecule has 2 rings (SSSR count). The Bertz CT molecular complexity index is 724. The van der Waals surface area contributed by atoms with Gasteiger partial charge >= 0.3 is 0 Å². The Kier molecular flexibility index (Phi) is 4.16. The van der Waals surface area contributed by atoms with Crippen LogP contribution >= 0.6 is 0 Å². The summed E-state index contributed by atoms with van der Waals surface area (Å²) >= 11 is 0. The van der Waals surface area contributed by atoms with Gasteiger partial charge in [-0.3, -0.25) is 9.59 Å². The van der Waals surface area contributed by atoms with Crippen LogP contribution in [0.2, 0.25) is 0 Å². The lowest BCUT2D eigenvalue weighted by atomic mass is 9.96. The van der Waals surface area contributed by atoms with Crippen molar-refractivity contribution in [3.63, 3.8) is 0 Å². The van der Waals surface area contributed by atoms with Gasteiger partial charge in [-0.2, -0.15) is 0 Å². The molecular weight excluding hydrogens is 264 g/mol. The summed E-state index contributed by atoms with van der Waals surface area (Å²) < 4.78 is 1.73. The zero-order valence-corrected chi connectivity index (χ0v) is 13.1. The summed E-state index contributed by atoms with van der Waals surface area (Å²) in [6.07, 6.45) is 0. The van der Waals surface area contributed by atoms with Gasteiger partial charge in [0.25, 0.3) is 5.56 Å². The van der Waals surface area contributed by atoms with Crippen LogP contribution in [0.15, 0.2) is 35.1 Å². The number of amides is 1. The average Bonchev–Trinajstić information content (AvgIpc) is 2.41. The molecule has 1 aromatic carbocycles. The van der Waals surface area contributed by atoms with Crippen molar-refractivity contribution in [2.45, 2.75) is 34.2 Å². The number of aromatic nitrogens is 1. The highest BCUT2D eigenvalue weighted by Crippen LogP contribution is 2.14. The number of carbonyl (C=O) groups is 1. The first-order valence-corrected chi connectivity index (χ1v) is 7.18. The molecule has 1 aromatic heterocycles. The molecular formula is C17H22N2O2. The van der Waals surface area contributed by atoms with E-state index in [2.05, 4.69) is 5.32 Å². The predicted molar refractivity (Wildman–Crippen MR) is 85.4 cm³/mol. The normalized spacial score (nSPS) is 11.6. The minimum absolute atomic E-state index is 0.00120. The molecule has 4 heteroatoms. The second-order valence-corrected chi connectivity index (χ2v) is 6.35. The molecule has 0 saturated heterocycles. The van der Waals surface area contributed by atoms with E-state index < -0.39 is 5.41 Å². The van der Waals surface area contributed by atoms with E-state index in [-0.39, 0.29) is 11.5 Å². The van der Waals surface area contributed by atoms with Crippen LogP contribution in [0.4, 0.5) is 0 Å². The fourth-order valence-corrected chi connectivity index (χ4v) is 2.24. The van der Waals surface area contributed by atoms with E-state index in [4.69, 9.17) is 0 Å². The van der Waals surface area contributed by atoms with Crippen LogP contribution < -0.4 is 10.9 Å². The first kappa shape index (κ1) is 15.3. The molecule has 1 amide bonds. The summed E-state index contributed by atoms with van der Waals surface area (Å²) in [6.45, 7) is 8.36. The van der Waals surface area contributed by atoms with Crippen LogP contribution in [-0.2, 0) is 11.3 Å². The number of fused-ring (bicyclic) bond motifs is 1. The fraction of sp³-hybridized carbons (Fsp3) is 0.412. The third-order valence-corrected chi connectivity index (χ3v) is 3.48. The maximum absolute atomic E-state index is 12.3. The van der Waals surface area contributed by atoms with Crippen LogP contribution in [0.25, 0.3) is 10.9 Å². The zero-order valence-electron chi connectivity index (χ0n) is 13.1. The van der Waals surface area contributed by atoms with Crippen LogP contribution in [0, 0.1) is 12.3 Å². The quantitative estimate of drug-likeness (QED) is 0.942. The summed E-state index contributed by atoms with van der Waals surface area (Å²) in [5, 5.41) is 3.92. The predicted octanol–water partition coefficient (Wildman–Crippen LogP) is 2.47. The van der Waals surface area contributed by atoms with Gasteiger partial charge in [0.05, 0.1) is 5.52 Å². The van der Waals surface area contributed by atoms with E-state index in [1.54, 1.807) is 4.57 Å². The maximum atomic E-state index is 12.3. The molecule has 1 N–H and O–H groups in total. The zero-order chi connectivity index (χ0) is 15.6. The van der Waals surface area contributed by atoms with Gasteiger partial charge in [0.15, 0.2) is 0 Å². The summed E-state index contributed by atoms with van der Waals surface area (Å²) in [4.78, 5) is 24.2. The average molecular weight is 286 g/mol. The fourth-order valence-electron chi connectivity index (χ4n) is 2.24. The van der Waals surface area contributed by atoms with E-state index in [1.807, 2.05) is 58.0 Å². The highest BCUT2D eigenvalue weighted by molar-refractivity contribution is 5.81. The minimum Gasteiger partial charge on any atom is -0.354 e. The van der Waals surface area contributed by atoms with Crippen molar-refractivity contribution >= 4 is 16.8 Å². The number of benzene rings is 1. The third kappa shape index (κ3) is 3.32. The van der Waals surface area contributed by atoms with Gasteiger partial charge in [-0.25, -0.2) is 0 Å². The Hall–Kier alpha value is -2.10. The van der Waals surface area contributed by atoms with Crippen LogP contribution in [0.5, 0.6) is 0 Å². The van der Waals surface area contributed by atoms with Crippen LogP contribution in [-0.4, -0.2) is 17.0 Å². The monoisotopic (exact) mass is 286 g/mol. The Morgan fingerprint density at radius 2 is 1.90 bits per heavy atom. The highest BCUT2D eigenvalue weighted by Gasteiger charge is 2.20. The molecule has 0 aliphatic heterocycles. The lowest BCUT2D eigenvalue weighted by Gasteiger charge is -2.18. The van der Waals surface area contributed by atoms with Crippen LogP contribution in [0.3, 0.4) is 0 Å². The number of para-hydroxylation sites is 1. The van der Waals surface area contributed by atoms with Crippen molar-refractivity contribution in [1.82, 2.24) is 9.88 Å². The number of aryl methyl sites for hydroxylation is 1. The van der Waals surface area contributed by atoms with Crippen molar-refractivity contribution in [1.29, 1.82) is 0 Å². The Morgan fingerprint density at radius 1 is 1.24 bits per heavy atom. The Morgan fingerprint density at radius 3 is 2.57 bits per heavy atom. The third-order valence-electron chi connectivity index (χ3n) is 3.48. The number of nitrogens with zero attached hydrogens (tertiary/aromatic N) is 1. The van der Waals surface area contributed by atoms with Crippen molar-refractivity contribution in [2.75, 3.05) is 6.54 Å². The number of nitrogens with one attached hydrogen (secondary N) is 1. The van der Waals surface area contributed by atoms with Crippen molar-refractivity contribution in [3.8, 4) is 0 Å². The number of hydrogen-bond acceptors (Lipinski definition) is 2. The molecule has 4 nitrogen and oxygen atoms in total. The second kappa shape index (κ2) is 5.72. The number of carbonyl (C=O) groups excluding carboxylic acids is 1. The minimum atomic E-state index is -0.417. The first-order chi connectivity index (χ1) is 9.80. The maximum Gasteiger partial charge on any atom is 0.254 e. The Balaban J connectivity index is 2.24. The molecule has 0 radical (unpaired) electrons. The molecule has 2 aromatic rings. The van der Waals surface area contributed by atoms with E-state index >= 15 is 0 Å². The summed E-state index contributed by atoms with van der Waals surface area (Å²) in [7, 11) is 0. The van der Waals surface area contributed by atoms with Gasteiger partial charge in [-0.1, -0.05) is 39.0 Å². The van der Waals surface area contributed by atoms with E-state index in [9.17, 15) is 9.59 Å². The summed E-state index contributed by atoms with van der Waals surface area (Å²) in [5.74, 6) is -0.00694. The van der Waals surface area contributed by atoms with Gasteiger partial charge in [-0.15, -0.1) is 0 Å². The van der Waals surface area contributed by atoms with Crippen molar-refractivity contribution in [2.24, 2.45) is 5.41 Å². The molecule has 0 saturated carbocycles. The first-order valence-electron chi connectivity index (χ1n) is 7.18. The molecule has 0 fully saturated rings. The van der Waals surface area contributed by atoms with E-state index in [0.29, 0.717) is 13.1 Å². The van der Waals surface area contributed by atoms with Gasteiger partial charge < -0.3 is 9.88 Å². The molecule has 0 aliphatic rings. The number of hydrogen-bond donors (Lipinski definition) is 1. The molecule has 0 atom stereocenters. The molecule has 21 heavy (non-hydrogen) atoms. The Labute approximate surface area is 124 Å². The van der Waals surface area contributed by atoms with Gasteiger partial charge in [0.1, 0.15) is 0 Å². The van der Waals surface area contributed by atoms with Crippen LogP contribution in [0.1, 0.15) is 26.3 Å². The lowest BCUT2D eigenvalue weighted by Crippen LogP contribution is -2.38. The number of pyridine rings is 1. The SMILES string of the molecule is Cc1cc2ccccc2n(CCNC(=O)C(C)(C)C)c1=O. The molecule has 0 spiro atoms. The molecule has 0 bridgehead atoms. The summed E-state index contributed by atoms with van der Waals surface area (Å²) in [5.41, 5.74) is 1.20. The standard InChI is InChI=1S/C17H22N2O2/c1-12-11-13-7-5-6-8-14(13)19(15(12)20)10-9-18-16(21)17(2,3)4/h5-8,11H,9-10H2,1-4H3,(H,18,21). The molecule has 1 heterocycles. The second-order valence-electron chi connectivity index (χ2n) is 6.35. The summed E-state index contributed by atoms with van der Waals surface area (Å²) in [6, 6.07) is 9.70. The molecule has 112 valence electrons. The van der Waals surface area contributed by atoms with E-state index in [1.165, 1.54) is 0 Å². The lowest BCUT2D eigenvalue weighted by molar-refractivity contribution is -0.128. The van der Waals surface area contributed by atoms with Gasteiger partial charge in [0, 0.05) is 24.1 Å².